The molecule has 0 N–H and O–H groups in total. The third-order valence-corrected chi connectivity index (χ3v) is 3.41. The molecule has 0 bridgehead atoms. The Kier molecular flexibility index (Phi) is 1.80. The molecule has 1 aromatic rings. The molecule has 2 heteroatoms. The van der Waals surface area contributed by atoms with Gasteiger partial charge in [0.2, 0.25) is 0 Å². The van der Waals surface area contributed by atoms with Crippen molar-refractivity contribution in [2.24, 2.45) is 0 Å². The van der Waals surface area contributed by atoms with Gasteiger partial charge in [0.15, 0.2) is 0 Å². The Morgan fingerprint density at radius 1 is 1.20 bits per heavy atom. The van der Waals surface area contributed by atoms with E-state index in [1.54, 1.807) is 0 Å². The summed E-state index contributed by atoms with van der Waals surface area (Å²) in [5.74, 6) is 0.826. The van der Waals surface area contributed by atoms with E-state index in [0.29, 0.717) is 0 Å². The summed E-state index contributed by atoms with van der Waals surface area (Å²) in [5.41, 5.74) is 3.09. The summed E-state index contributed by atoms with van der Waals surface area (Å²) in [4.78, 5) is 0. The van der Waals surface area contributed by atoms with Crippen molar-refractivity contribution < 1.29 is 0 Å². The zero-order chi connectivity index (χ0) is 10.6. The van der Waals surface area contributed by atoms with Crippen LogP contribution in [0.5, 0.6) is 0 Å². The van der Waals surface area contributed by atoms with Crippen LogP contribution in [0.15, 0.2) is 6.20 Å². The highest BCUT2D eigenvalue weighted by molar-refractivity contribution is 5.31. The molecule has 0 saturated heterocycles. The average molecular weight is 204 g/mol. The normalized spacial score (nSPS) is 22.1. The second-order valence-corrected chi connectivity index (χ2v) is 6.17. The van der Waals surface area contributed by atoms with E-state index in [1.807, 2.05) is 0 Å². The molecule has 2 aliphatic carbocycles. The second-order valence-electron chi connectivity index (χ2n) is 6.17. The minimum Gasteiger partial charge on any atom is -0.269 e. The molecule has 0 spiro atoms. The minimum absolute atomic E-state index is 0.206. The van der Waals surface area contributed by atoms with Crippen LogP contribution in [-0.4, -0.2) is 9.78 Å². The number of hydrogen-bond donors (Lipinski definition) is 0. The van der Waals surface area contributed by atoms with Crippen molar-refractivity contribution >= 4 is 0 Å². The van der Waals surface area contributed by atoms with Gasteiger partial charge in [-0.25, -0.2) is 0 Å². The summed E-state index contributed by atoms with van der Waals surface area (Å²) < 4.78 is 2.23. The molecule has 2 fully saturated rings. The maximum absolute atomic E-state index is 4.82. The van der Waals surface area contributed by atoms with Crippen LogP contribution in [0.4, 0.5) is 0 Å². The smallest absolute Gasteiger partial charge is 0.0712 e. The van der Waals surface area contributed by atoms with Crippen molar-refractivity contribution in [3.8, 4) is 0 Å². The van der Waals surface area contributed by atoms with Crippen molar-refractivity contribution in [1.82, 2.24) is 9.78 Å². The standard InChI is InChI=1S/C13H20N2/c1-13(2,3)12-11(9-4-5-9)8-15(14-12)10-6-7-10/h8-10H,4-7H2,1-3H3. The van der Waals surface area contributed by atoms with Crippen molar-refractivity contribution in [3.05, 3.63) is 17.5 Å². The predicted octanol–water partition coefficient (Wildman–Crippen LogP) is 3.39. The SMILES string of the molecule is CC(C)(C)c1nn(C2CC2)cc1C1CC1. The van der Waals surface area contributed by atoms with Crippen molar-refractivity contribution in [3.63, 3.8) is 0 Å². The maximum Gasteiger partial charge on any atom is 0.0712 e. The zero-order valence-electron chi connectivity index (χ0n) is 9.95. The van der Waals surface area contributed by atoms with Crippen molar-refractivity contribution in [2.45, 2.75) is 63.8 Å². The van der Waals surface area contributed by atoms with E-state index < -0.39 is 0 Å². The van der Waals surface area contributed by atoms with E-state index in [9.17, 15) is 0 Å². The largest absolute Gasteiger partial charge is 0.269 e. The van der Waals surface area contributed by atoms with Gasteiger partial charge in [0, 0.05) is 11.6 Å². The van der Waals surface area contributed by atoms with Gasteiger partial charge in [-0.1, -0.05) is 20.8 Å². The van der Waals surface area contributed by atoms with Gasteiger partial charge in [-0.3, -0.25) is 4.68 Å². The predicted molar refractivity (Wildman–Crippen MR) is 61.2 cm³/mol. The highest BCUT2D eigenvalue weighted by atomic mass is 15.3. The van der Waals surface area contributed by atoms with Crippen LogP contribution in [0.25, 0.3) is 0 Å². The van der Waals surface area contributed by atoms with Gasteiger partial charge in [-0.15, -0.1) is 0 Å². The molecular formula is C13H20N2. The van der Waals surface area contributed by atoms with Crippen LogP contribution >= 0.6 is 0 Å². The lowest BCUT2D eigenvalue weighted by Gasteiger charge is -2.17. The highest BCUT2D eigenvalue weighted by Gasteiger charge is 2.35. The van der Waals surface area contributed by atoms with Crippen LogP contribution < -0.4 is 0 Å². The fraction of sp³-hybridized carbons (Fsp3) is 0.769. The summed E-state index contributed by atoms with van der Waals surface area (Å²) in [6.45, 7) is 6.83. The van der Waals surface area contributed by atoms with Crippen LogP contribution in [0.2, 0.25) is 0 Å². The molecule has 0 atom stereocenters. The van der Waals surface area contributed by atoms with Gasteiger partial charge in [0.05, 0.1) is 11.7 Å². The minimum atomic E-state index is 0.206. The first kappa shape index (κ1) is 9.44. The molecule has 82 valence electrons. The molecular weight excluding hydrogens is 184 g/mol. The quantitative estimate of drug-likeness (QED) is 0.722. The van der Waals surface area contributed by atoms with E-state index in [4.69, 9.17) is 5.10 Å². The molecule has 0 radical (unpaired) electrons. The summed E-state index contributed by atoms with van der Waals surface area (Å²) in [7, 11) is 0. The molecule has 15 heavy (non-hydrogen) atoms. The Hall–Kier alpha value is -0.790. The molecule has 2 saturated carbocycles. The van der Waals surface area contributed by atoms with Crippen molar-refractivity contribution in [1.29, 1.82) is 0 Å². The number of rotatable bonds is 2. The monoisotopic (exact) mass is 204 g/mol. The fourth-order valence-electron chi connectivity index (χ4n) is 2.21. The molecule has 0 unspecified atom stereocenters. The van der Waals surface area contributed by atoms with Crippen LogP contribution in [0, 0.1) is 0 Å². The zero-order valence-corrected chi connectivity index (χ0v) is 9.95. The second kappa shape index (κ2) is 2.87. The molecule has 0 aliphatic heterocycles. The van der Waals surface area contributed by atoms with E-state index in [0.717, 1.165) is 12.0 Å². The number of hydrogen-bond acceptors (Lipinski definition) is 1. The Bertz CT molecular complexity index is 376. The topological polar surface area (TPSA) is 17.8 Å². The first-order chi connectivity index (χ1) is 7.05. The Labute approximate surface area is 91.7 Å². The summed E-state index contributed by atoms with van der Waals surface area (Å²) in [6, 6.07) is 0.721. The average Bonchev–Trinajstić information content (AvgIpc) is 3.02. The van der Waals surface area contributed by atoms with E-state index >= 15 is 0 Å². The van der Waals surface area contributed by atoms with Gasteiger partial charge < -0.3 is 0 Å². The summed E-state index contributed by atoms with van der Waals surface area (Å²) in [5, 5.41) is 4.82. The summed E-state index contributed by atoms with van der Waals surface area (Å²) in [6.07, 6.45) is 7.74. The molecule has 0 amide bonds. The van der Waals surface area contributed by atoms with Gasteiger partial charge in [-0.05, 0) is 37.2 Å². The van der Waals surface area contributed by atoms with Gasteiger partial charge in [0.1, 0.15) is 0 Å². The molecule has 1 aromatic heterocycles. The Morgan fingerprint density at radius 2 is 1.87 bits per heavy atom. The lowest BCUT2D eigenvalue weighted by atomic mass is 9.88. The van der Waals surface area contributed by atoms with Gasteiger partial charge in [-0.2, -0.15) is 5.10 Å². The number of nitrogens with zero attached hydrogens (tertiary/aromatic N) is 2. The number of aromatic nitrogens is 2. The van der Waals surface area contributed by atoms with Crippen LogP contribution in [0.3, 0.4) is 0 Å². The lowest BCUT2D eigenvalue weighted by Crippen LogP contribution is -2.14. The maximum atomic E-state index is 4.82. The van der Waals surface area contributed by atoms with Crippen LogP contribution in [0.1, 0.15) is 69.7 Å². The summed E-state index contributed by atoms with van der Waals surface area (Å²) >= 11 is 0. The Morgan fingerprint density at radius 3 is 2.33 bits per heavy atom. The third kappa shape index (κ3) is 1.70. The highest BCUT2D eigenvalue weighted by Crippen LogP contribution is 2.45. The van der Waals surface area contributed by atoms with E-state index in [-0.39, 0.29) is 5.41 Å². The van der Waals surface area contributed by atoms with Crippen LogP contribution in [-0.2, 0) is 5.41 Å². The first-order valence-corrected chi connectivity index (χ1v) is 6.15. The Balaban J connectivity index is 2.01. The van der Waals surface area contributed by atoms with Crippen molar-refractivity contribution in [2.75, 3.05) is 0 Å². The first-order valence-electron chi connectivity index (χ1n) is 6.15. The fourth-order valence-corrected chi connectivity index (χ4v) is 2.21. The van der Waals surface area contributed by atoms with E-state index in [1.165, 1.54) is 36.9 Å². The molecule has 0 aromatic carbocycles. The van der Waals surface area contributed by atoms with E-state index in [2.05, 4.69) is 31.6 Å². The van der Waals surface area contributed by atoms with Gasteiger partial charge >= 0.3 is 0 Å². The molecule has 3 rings (SSSR count). The molecule has 2 nitrogen and oxygen atoms in total. The molecule has 2 aliphatic rings. The molecule has 1 heterocycles. The third-order valence-electron chi connectivity index (χ3n) is 3.41. The lowest BCUT2D eigenvalue weighted by molar-refractivity contribution is 0.534. The van der Waals surface area contributed by atoms with Gasteiger partial charge in [0.25, 0.3) is 0 Å².